The molecule has 0 aliphatic carbocycles. The van der Waals surface area contributed by atoms with Crippen LogP contribution >= 0.6 is 0 Å². The molecule has 4 aromatic carbocycles. The van der Waals surface area contributed by atoms with Gasteiger partial charge in [0.1, 0.15) is 17.3 Å². The molecule has 17 nitrogen and oxygen atoms in total. The van der Waals surface area contributed by atoms with E-state index in [0.29, 0.717) is 39.3 Å². The lowest BCUT2D eigenvalue weighted by Gasteiger charge is -2.24. The Bertz CT molecular complexity index is 2470. The lowest BCUT2D eigenvalue weighted by atomic mass is 9.86. The van der Waals surface area contributed by atoms with E-state index < -0.39 is 22.0 Å². The van der Waals surface area contributed by atoms with E-state index in [4.69, 9.17) is 28.8 Å². The van der Waals surface area contributed by atoms with Gasteiger partial charge < -0.3 is 44.7 Å². The number of aromatic nitrogens is 2. The van der Waals surface area contributed by atoms with Gasteiger partial charge in [-0.25, -0.2) is 18.2 Å². The Morgan fingerprint density at radius 3 is 2.20 bits per heavy atom. The molecule has 0 aliphatic heterocycles. The van der Waals surface area contributed by atoms with Crippen LogP contribution < -0.4 is 34.9 Å². The SMILES string of the molecule is COc1cc(Cc2nccc(Oc3ccc(NC(=O)Nc4cc(C(C)(C)C)cc(NS(C)(=O)=O)c4OC)c4ccccc34)n2)cc(C(=O)NCCOCCOCCC(=O)O)c1. The summed E-state index contributed by atoms with van der Waals surface area (Å²) in [5, 5.41) is 18.6. The smallest absolute Gasteiger partial charge is 0.323 e. The number of urea groups is 1. The van der Waals surface area contributed by atoms with Crippen LogP contribution in [0.4, 0.5) is 21.9 Å². The quantitative estimate of drug-likeness (QED) is 0.0522. The zero-order valence-corrected chi connectivity index (χ0v) is 35.6. The van der Waals surface area contributed by atoms with Crippen LogP contribution in [0, 0.1) is 0 Å². The third-order valence-corrected chi connectivity index (χ3v) is 9.51. The number of carboxylic acids is 1. The van der Waals surface area contributed by atoms with Crippen molar-refractivity contribution in [1.29, 1.82) is 0 Å². The molecule has 5 aromatic rings. The summed E-state index contributed by atoms with van der Waals surface area (Å²) in [6.45, 7) is 7.02. The number of anilines is 3. The number of carboxylic acid groups (broad SMARTS) is 1. The van der Waals surface area contributed by atoms with Crippen molar-refractivity contribution in [1.82, 2.24) is 15.3 Å². The second-order valence-corrected chi connectivity index (χ2v) is 16.5. The lowest BCUT2D eigenvalue weighted by Crippen LogP contribution is -2.27. The number of sulfonamides is 1. The first kappa shape index (κ1) is 45.6. The zero-order chi connectivity index (χ0) is 44.2. The van der Waals surface area contributed by atoms with E-state index in [2.05, 4.69) is 30.6 Å². The van der Waals surface area contributed by atoms with Gasteiger partial charge >= 0.3 is 12.0 Å². The molecular weight excluding hydrogens is 809 g/mol. The van der Waals surface area contributed by atoms with Crippen LogP contribution in [0.2, 0.25) is 0 Å². The highest BCUT2D eigenvalue weighted by Crippen LogP contribution is 2.40. The summed E-state index contributed by atoms with van der Waals surface area (Å²) in [6.07, 6.45) is 2.79. The number of benzene rings is 4. The minimum absolute atomic E-state index is 0.0777. The highest BCUT2D eigenvalue weighted by atomic mass is 32.2. The van der Waals surface area contributed by atoms with Gasteiger partial charge in [-0.2, -0.15) is 4.98 Å². The summed E-state index contributed by atoms with van der Waals surface area (Å²) < 4.78 is 54.8. The first-order valence-electron chi connectivity index (χ1n) is 19.2. The van der Waals surface area contributed by atoms with Gasteiger partial charge in [0.2, 0.25) is 15.9 Å². The molecule has 1 heterocycles. The normalized spacial score (nSPS) is 11.4. The average molecular weight is 859 g/mol. The Hall–Kier alpha value is -6.50. The lowest BCUT2D eigenvalue weighted by molar-refractivity contribution is -0.138. The topological polar surface area (TPSA) is 226 Å². The number of aliphatic carboxylic acids is 1. The van der Waals surface area contributed by atoms with E-state index in [-0.39, 0.29) is 80.1 Å². The van der Waals surface area contributed by atoms with Crippen LogP contribution in [0.15, 0.2) is 79.0 Å². The minimum Gasteiger partial charge on any atom is -0.497 e. The van der Waals surface area contributed by atoms with Gasteiger partial charge in [-0.05, 0) is 59.0 Å². The molecule has 61 heavy (non-hydrogen) atoms. The molecule has 0 radical (unpaired) electrons. The summed E-state index contributed by atoms with van der Waals surface area (Å²) >= 11 is 0. The molecule has 0 bridgehead atoms. The third kappa shape index (κ3) is 13.5. The van der Waals surface area contributed by atoms with Crippen LogP contribution in [-0.2, 0) is 36.1 Å². The fraction of sp³-hybridized carbons (Fsp3) is 0.326. The Morgan fingerprint density at radius 2 is 1.51 bits per heavy atom. The molecule has 18 heteroatoms. The predicted molar refractivity (Wildman–Crippen MR) is 231 cm³/mol. The van der Waals surface area contributed by atoms with Crippen LogP contribution in [0.1, 0.15) is 54.5 Å². The van der Waals surface area contributed by atoms with Gasteiger partial charge in [-0.15, -0.1) is 0 Å². The standard InChI is InChI=1S/C43H50N6O11S/c1-43(2,3)29-25-34(40(57-5)35(26-29)49-61(6,54)55)47-42(53)46-33-11-12-36(32-10-8-7-9-31(32)33)60-38-13-15-44-37(48-38)23-27-21-28(24-30(22-27)56-4)41(52)45-16-18-59-20-19-58-17-14-39(50)51/h7-13,15,21-22,24-26,49H,14,16-20,23H2,1-6H3,(H,45,52)(H,50,51)(H2,46,47,53). The second-order valence-electron chi connectivity index (χ2n) is 14.7. The van der Waals surface area contributed by atoms with Gasteiger partial charge in [0.05, 0.1) is 70.4 Å². The Kier molecular flexibility index (Phi) is 15.4. The van der Waals surface area contributed by atoms with E-state index in [0.717, 1.165) is 17.4 Å². The van der Waals surface area contributed by atoms with Gasteiger partial charge in [0.25, 0.3) is 5.91 Å². The number of carbonyl (C=O) groups is 3. The molecule has 0 atom stereocenters. The fourth-order valence-electron chi connectivity index (χ4n) is 6.05. The molecule has 0 fully saturated rings. The Balaban J connectivity index is 1.26. The van der Waals surface area contributed by atoms with Crippen molar-refractivity contribution >= 4 is 55.8 Å². The second kappa shape index (κ2) is 20.7. The minimum atomic E-state index is -3.66. The molecular formula is C43H50N6O11S. The van der Waals surface area contributed by atoms with Gasteiger partial charge in [0.15, 0.2) is 5.75 Å². The van der Waals surface area contributed by atoms with Crippen molar-refractivity contribution in [2.24, 2.45) is 0 Å². The summed E-state index contributed by atoms with van der Waals surface area (Å²) in [5.74, 6) is 0.536. The molecule has 0 saturated heterocycles. The molecule has 1 aromatic heterocycles. The number of methoxy groups -OCH3 is 2. The highest BCUT2D eigenvalue weighted by molar-refractivity contribution is 7.92. The molecule has 5 rings (SSSR count). The van der Waals surface area contributed by atoms with Crippen LogP contribution in [-0.4, -0.2) is 94.8 Å². The number of fused-ring (bicyclic) bond motifs is 1. The van der Waals surface area contributed by atoms with Gasteiger partial charge in [-0.3, -0.25) is 14.3 Å². The highest BCUT2D eigenvalue weighted by Gasteiger charge is 2.23. The predicted octanol–water partition coefficient (Wildman–Crippen LogP) is 6.58. The van der Waals surface area contributed by atoms with E-state index in [1.165, 1.54) is 14.2 Å². The van der Waals surface area contributed by atoms with E-state index in [1.807, 2.05) is 45.0 Å². The van der Waals surface area contributed by atoms with Crippen molar-refractivity contribution in [3.05, 3.63) is 102 Å². The Morgan fingerprint density at radius 1 is 0.803 bits per heavy atom. The summed E-state index contributed by atoms with van der Waals surface area (Å²) in [6, 6.07) is 20.4. The molecule has 0 saturated carbocycles. The first-order valence-corrected chi connectivity index (χ1v) is 21.1. The van der Waals surface area contributed by atoms with Crippen LogP contribution in [0.3, 0.4) is 0 Å². The van der Waals surface area contributed by atoms with E-state index in [9.17, 15) is 22.8 Å². The molecule has 3 amide bonds. The number of amides is 3. The maximum Gasteiger partial charge on any atom is 0.323 e. The van der Waals surface area contributed by atoms with Crippen molar-refractivity contribution < 1.29 is 51.6 Å². The summed E-state index contributed by atoms with van der Waals surface area (Å²) in [4.78, 5) is 46.1. The molecule has 5 N–H and O–H groups in total. The molecule has 0 aliphatic rings. The maximum absolute atomic E-state index is 13.5. The number of carbonyl (C=O) groups excluding carboxylic acids is 2. The number of rotatable bonds is 20. The van der Waals surface area contributed by atoms with Crippen molar-refractivity contribution in [2.75, 3.05) is 68.8 Å². The number of hydrogen-bond acceptors (Lipinski definition) is 12. The van der Waals surface area contributed by atoms with Crippen molar-refractivity contribution in [2.45, 2.75) is 39.0 Å². The maximum atomic E-state index is 13.5. The monoisotopic (exact) mass is 858 g/mol. The largest absolute Gasteiger partial charge is 0.497 e. The third-order valence-electron chi connectivity index (χ3n) is 8.92. The van der Waals surface area contributed by atoms with Crippen LogP contribution in [0.25, 0.3) is 10.8 Å². The molecule has 0 unspecified atom stereocenters. The summed E-state index contributed by atoms with van der Waals surface area (Å²) in [7, 11) is -0.759. The van der Waals surface area contributed by atoms with E-state index >= 15 is 0 Å². The number of nitrogens with zero attached hydrogens (tertiary/aromatic N) is 2. The fourth-order valence-corrected chi connectivity index (χ4v) is 6.60. The van der Waals surface area contributed by atoms with E-state index in [1.54, 1.807) is 54.7 Å². The summed E-state index contributed by atoms with van der Waals surface area (Å²) in [5.41, 5.74) is 2.42. The number of ether oxygens (including phenoxy) is 5. The van der Waals surface area contributed by atoms with Gasteiger partial charge in [0, 0.05) is 41.6 Å². The number of nitrogens with one attached hydrogen (secondary N) is 4. The van der Waals surface area contributed by atoms with Crippen molar-refractivity contribution in [3.63, 3.8) is 0 Å². The molecule has 324 valence electrons. The first-order chi connectivity index (χ1) is 29.0. The van der Waals surface area contributed by atoms with Gasteiger partial charge in [-0.1, -0.05) is 45.0 Å². The molecule has 0 spiro atoms. The zero-order valence-electron chi connectivity index (χ0n) is 34.8. The Labute approximate surface area is 354 Å². The average Bonchev–Trinajstić information content (AvgIpc) is 3.20. The van der Waals surface area contributed by atoms with Crippen LogP contribution in [0.5, 0.6) is 23.1 Å². The number of hydrogen-bond donors (Lipinski definition) is 5. The van der Waals surface area contributed by atoms with Crippen molar-refractivity contribution in [3.8, 4) is 23.1 Å².